The molecular weight excluding hydrogens is 514 g/mol. The van der Waals surface area contributed by atoms with Crippen molar-refractivity contribution in [1.29, 1.82) is 0 Å². The number of aliphatic hydroxyl groups excluding tert-OH is 1. The summed E-state index contributed by atoms with van der Waals surface area (Å²) < 4.78 is 0. The number of aryl methyl sites for hydroxylation is 2. The minimum atomic E-state index is -0.125. The van der Waals surface area contributed by atoms with Crippen LogP contribution in [0, 0.1) is 26.8 Å². The fourth-order valence-corrected chi connectivity index (χ4v) is 2.75. The third kappa shape index (κ3) is 5.85. The first-order valence-electron chi connectivity index (χ1n) is 8.51. The van der Waals surface area contributed by atoms with Crippen molar-refractivity contribution in [2.45, 2.75) is 34.6 Å². The van der Waals surface area contributed by atoms with Crippen molar-refractivity contribution in [3.05, 3.63) is 77.2 Å². The van der Waals surface area contributed by atoms with Crippen molar-refractivity contribution in [1.82, 2.24) is 4.98 Å². The molecule has 3 rings (SSSR count). The van der Waals surface area contributed by atoms with Crippen LogP contribution in [0.5, 0.6) is 0 Å². The number of ketones is 1. The Morgan fingerprint density at radius 2 is 1.67 bits per heavy atom. The number of aliphatic hydroxyl groups is 1. The van der Waals surface area contributed by atoms with Gasteiger partial charge in [-0.1, -0.05) is 38.1 Å². The van der Waals surface area contributed by atoms with Crippen LogP contribution in [0.1, 0.15) is 30.5 Å². The van der Waals surface area contributed by atoms with Gasteiger partial charge in [-0.05, 0) is 42.8 Å². The molecule has 0 saturated heterocycles. The van der Waals surface area contributed by atoms with Crippen LogP contribution in [0.2, 0.25) is 0 Å². The van der Waals surface area contributed by atoms with Gasteiger partial charge in [-0.15, -0.1) is 34.9 Å². The standard InChI is InChI=1S/C18H16N.C5H8O2.Ir/c1-12-7-6-10-16(14(12)3)18-17-9-5-4-8-15(17)13(2)11-19-18;1-4(6)3-5(2)7;/h4-9,11H,1-3H3;3,6H,1-2H3;/q-1;;/b;4-3-;. The zero-order valence-electron chi connectivity index (χ0n) is 16.3. The van der Waals surface area contributed by atoms with E-state index in [-0.39, 0.29) is 31.6 Å². The first kappa shape index (κ1) is 22.7. The van der Waals surface area contributed by atoms with Gasteiger partial charge in [0.2, 0.25) is 0 Å². The average Bonchev–Trinajstić information content (AvgIpc) is 2.58. The second-order valence-electron chi connectivity index (χ2n) is 6.39. The maximum Gasteiger partial charge on any atom is 0.155 e. The van der Waals surface area contributed by atoms with Crippen molar-refractivity contribution in [3.63, 3.8) is 0 Å². The summed E-state index contributed by atoms with van der Waals surface area (Å²) in [5.41, 5.74) is 5.88. The van der Waals surface area contributed by atoms with E-state index in [1.165, 1.54) is 47.4 Å². The summed E-state index contributed by atoms with van der Waals surface area (Å²) in [7, 11) is 0. The molecule has 0 bridgehead atoms. The Kier molecular flexibility index (Phi) is 8.55. The van der Waals surface area contributed by atoms with Gasteiger partial charge in [0.1, 0.15) is 0 Å². The van der Waals surface area contributed by atoms with E-state index in [1.54, 1.807) is 0 Å². The van der Waals surface area contributed by atoms with Crippen molar-refractivity contribution >= 4 is 16.6 Å². The van der Waals surface area contributed by atoms with E-state index >= 15 is 0 Å². The van der Waals surface area contributed by atoms with Crippen LogP contribution in [0.4, 0.5) is 0 Å². The molecule has 0 unspecified atom stereocenters. The molecule has 27 heavy (non-hydrogen) atoms. The second kappa shape index (κ2) is 10.1. The molecule has 0 fully saturated rings. The summed E-state index contributed by atoms with van der Waals surface area (Å²) in [6.45, 7) is 9.22. The van der Waals surface area contributed by atoms with Crippen LogP contribution < -0.4 is 0 Å². The van der Waals surface area contributed by atoms with Crippen LogP contribution >= 0.6 is 0 Å². The van der Waals surface area contributed by atoms with Gasteiger partial charge in [0.25, 0.3) is 0 Å². The molecule has 1 N–H and O–H groups in total. The van der Waals surface area contributed by atoms with Crippen molar-refractivity contribution in [2.24, 2.45) is 0 Å². The third-order valence-electron chi connectivity index (χ3n) is 4.17. The molecule has 0 aliphatic heterocycles. The van der Waals surface area contributed by atoms with Crippen molar-refractivity contribution in [3.8, 4) is 11.3 Å². The topological polar surface area (TPSA) is 50.2 Å². The third-order valence-corrected chi connectivity index (χ3v) is 4.17. The summed E-state index contributed by atoms with van der Waals surface area (Å²) in [4.78, 5) is 14.7. The molecule has 0 amide bonds. The molecule has 1 aromatic heterocycles. The zero-order chi connectivity index (χ0) is 19.3. The van der Waals surface area contributed by atoms with Crippen molar-refractivity contribution in [2.75, 3.05) is 0 Å². The monoisotopic (exact) mass is 539 g/mol. The predicted octanol–water partition coefficient (Wildman–Crippen LogP) is 5.66. The number of hydrogen-bond donors (Lipinski definition) is 1. The average molecular weight is 539 g/mol. The second-order valence-corrected chi connectivity index (χ2v) is 6.39. The molecular formula is C23H24IrNO2-. The summed E-state index contributed by atoms with van der Waals surface area (Å²) >= 11 is 0. The summed E-state index contributed by atoms with van der Waals surface area (Å²) in [5, 5.41) is 10.8. The fraction of sp³-hybridized carbons (Fsp3) is 0.217. The number of benzene rings is 2. The van der Waals surface area contributed by atoms with Crippen LogP contribution in [0.15, 0.2) is 54.4 Å². The van der Waals surface area contributed by atoms with E-state index in [0.717, 1.165) is 11.3 Å². The molecule has 3 nitrogen and oxygen atoms in total. The summed E-state index contributed by atoms with van der Waals surface area (Å²) in [6, 6.07) is 15.9. The molecule has 2 aromatic carbocycles. The first-order valence-corrected chi connectivity index (χ1v) is 8.51. The Hall–Kier alpha value is -2.29. The minimum absolute atomic E-state index is 0. The van der Waals surface area contributed by atoms with Gasteiger partial charge < -0.3 is 10.1 Å². The van der Waals surface area contributed by atoms with Gasteiger partial charge in [-0.25, -0.2) is 0 Å². The molecule has 1 heterocycles. The van der Waals surface area contributed by atoms with Crippen molar-refractivity contribution < 1.29 is 30.0 Å². The molecule has 1 radical (unpaired) electrons. The maximum absolute atomic E-state index is 10.0. The van der Waals surface area contributed by atoms with Crippen LogP contribution in [0.3, 0.4) is 0 Å². The molecule has 0 aliphatic rings. The number of aromatic nitrogens is 1. The summed E-state index contributed by atoms with van der Waals surface area (Å²) in [6.07, 6.45) is 3.12. The number of pyridine rings is 1. The normalized spacial score (nSPS) is 10.6. The van der Waals surface area contributed by atoms with Gasteiger partial charge >= 0.3 is 0 Å². The molecule has 0 saturated carbocycles. The van der Waals surface area contributed by atoms with Gasteiger partial charge in [0, 0.05) is 32.4 Å². The van der Waals surface area contributed by atoms with Crippen LogP contribution in [-0.4, -0.2) is 15.9 Å². The van der Waals surface area contributed by atoms with Crippen LogP contribution in [-0.2, 0) is 24.9 Å². The van der Waals surface area contributed by atoms with Gasteiger partial charge in [0.15, 0.2) is 5.78 Å². The van der Waals surface area contributed by atoms with Gasteiger partial charge in [-0.3, -0.25) is 4.79 Å². The van der Waals surface area contributed by atoms with Gasteiger partial charge in [0.05, 0.1) is 5.76 Å². The number of fused-ring (bicyclic) bond motifs is 1. The number of allylic oxidation sites excluding steroid dienone is 2. The molecule has 143 valence electrons. The molecule has 0 atom stereocenters. The van der Waals surface area contributed by atoms with E-state index in [2.05, 4.69) is 62.2 Å². The maximum atomic E-state index is 10.0. The number of hydrogen-bond acceptors (Lipinski definition) is 3. The number of carbonyl (C=O) groups excluding carboxylic acids is 1. The van der Waals surface area contributed by atoms with E-state index in [0.29, 0.717) is 0 Å². The van der Waals surface area contributed by atoms with E-state index < -0.39 is 0 Å². The SMILES string of the molecule is CC(=O)/C=C(/C)O.Cc1cc[c-]c(-c2ncc(C)c3ccccc23)c1C.[Ir]. The number of rotatable bonds is 2. The molecule has 3 aromatic rings. The largest absolute Gasteiger partial charge is 0.512 e. The minimum Gasteiger partial charge on any atom is -0.512 e. The Morgan fingerprint density at radius 1 is 1.04 bits per heavy atom. The molecule has 4 heteroatoms. The fourth-order valence-electron chi connectivity index (χ4n) is 2.75. The Balaban J connectivity index is 0.000000395. The quantitative estimate of drug-likeness (QED) is 0.260. The Labute approximate surface area is 174 Å². The van der Waals surface area contributed by atoms with Crippen LogP contribution in [0.25, 0.3) is 22.0 Å². The van der Waals surface area contributed by atoms with E-state index in [4.69, 9.17) is 5.11 Å². The number of carbonyl (C=O) groups is 1. The first-order chi connectivity index (χ1) is 12.3. The smallest absolute Gasteiger partial charge is 0.155 e. The van der Waals surface area contributed by atoms with E-state index in [1.807, 2.05) is 12.3 Å². The molecule has 0 spiro atoms. The Bertz CT molecular complexity index is 973. The zero-order valence-corrected chi connectivity index (χ0v) is 18.6. The summed E-state index contributed by atoms with van der Waals surface area (Å²) in [5.74, 6) is -0.0625. The number of nitrogens with zero attached hydrogens (tertiary/aromatic N) is 1. The Morgan fingerprint density at radius 3 is 2.22 bits per heavy atom. The van der Waals surface area contributed by atoms with E-state index in [9.17, 15) is 4.79 Å². The molecule has 0 aliphatic carbocycles. The van der Waals surface area contributed by atoms with Gasteiger partial charge in [-0.2, -0.15) is 0 Å². The predicted molar refractivity (Wildman–Crippen MR) is 107 cm³/mol.